The van der Waals surface area contributed by atoms with Crippen LogP contribution in [-0.2, 0) is 11.3 Å². The molecule has 2 rings (SSSR count). The van der Waals surface area contributed by atoms with Crippen molar-refractivity contribution in [3.63, 3.8) is 0 Å². The second kappa shape index (κ2) is 14.3. The lowest BCUT2D eigenvalue weighted by Crippen LogP contribution is -2.53. The second-order valence-corrected chi connectivity index (χ2v) is 8.05. The fourth-order valence-corrected chi connectivity index (χ4v) is 3.68. The third kappa shape index (κ3) is 9.05. The van der Waals surface area contributed by atoms with Gasteiger partial charge in [0, 0.05) is 57.5 Å². The Bertz CT molecular complexity index is 659. The fraction of sp³-hybridized carbons (Fsp3) is 0.708. The first-order valence-electron chi connectivity index (χ1n) is 11.9. The van der Waals surface area contributed by atoms with Crippen molar-refractivity contribution in [3.05, 3.63) is 29.3 Å². The Kier molecular flexibility index (Phi) is 11.7. The summed E-state index contributed by atoms with van der Waals surface area (Å²) in [6.45, 7) is 20.6. The highest BCUT2D eigenvalue weighted by atomic mass is 16.5. The van der Waals surface area contributed by atoms with Gasteiger partial charge in [-0.05, 0) is 45.9 Å². The van der Waals surface area contributed by atoms with Crippen LogP contribution in [0.4, 0.5) is 0 Å². The number of likely N-dealkylation sites (N-methyl/N-ethyl adjacent to an activating group) is 1. The second-order valence-electron chi connectivity index (χ2n) is 8.05. The SMILES string of the molecule is CCNC(=NCc1ccc(C)cc1OCCOCC)NCC(C)N1CCN(CC)CC1. The van der Waals surface area contributed by atoms with E-state index in [-0.39, 0.29) is 0 Å². The maximum Gasteiger partial charge on any atom is 0.191 e. The molecule has 0 amide bonds. The monoisotopic (exact) mass is 433 g/mol. The number of aryl methyl sites for hydroxylation is 1. The minimum atomic E-state index is 0.472. The van der Waals surface area contributed by atoms with Crippen LogP contribution in [0.1, 0.15) is 38.8 Å². The summed E-state index contributed by atoms with van der Waals surface area (Å²) in [4.78, 5) is 9.89. The van der Waals surface area contributed by atoms with Gasteiger partial charge >= 0.3 is 0 Å². The highest BCUT2D eigenvalue weighted by Crippen LogP contribution is 2.21. The standard InChI is InChI=1S/C24H43N5O2/c1-6-25-24(26-18-21(5)29-13-11-28(7-2)12-14-29)27-19-22-10-9-20(4)17-23(22)31-16-15-30-8-3/h9-10,17,21H,6-8,11-16,18-19H2,1-5H3,(H2,25,26,27). The van der Waals surface area contributed by atoms with Crippen LogP contribution in [0.25, 0.3) is 0 Å². The van der Waals surface area contributed by atoms with Gasteiger partial charge in [-0.3, -0.25) is 4.90 Å². The van der Waals surface area contributed by atoms with Crippen LogP contribution in [0, 0.1) is 6.92 Å². The van der Waals surface area contributed by atoms with Crippen molar-refractivity contribution < 1.29 is 9.47 Å². The van der Waals surface area contributed by atoms with E-state index in [1.54, 1.807) is 0 Å². The average Bonchev–Trinajstić information content (AvgIpc) is 2.79. The predicted molar refractivity (Wildman–Crippen MR) is 129 cm³/mol. The molecule has 1 fully saturated rings. The minimum absolute atomic E-state index is 0.472. The van der Waals surface area contributed by atoms with E-state index in [9.17, 15) is 0 Å². The summed E-state index contributed by atoms with van der Waals surface area (Å²) < 4.78 is 11.4. The molecule has 1 aromatic rings. The molecule has 0 bridgehead atoms. The topological polar surface area (TPSA) is 61.4 Å². The highest BCUT2D eigenvalue weighted by Gasteiger charge is 2.20. The fourth-order valence-electron chi connectivity index (χ4n) is 3.68. The number of rotatable bonds is 12. The average molecular weight is 434 g/mol. The van der Waals surface area contributed by atoms with Gasteiger partial charge in [-0.25, -0.2) is 4.99 Å². The van der Waals surface area contributed by atoms with Gasteiger partial charge in [0.05, 0.1) is 13.2 Å². The lowest BCUT2D eigenvalue weighted by atomic mass is 10.1. The normalized spacial score (nSPS) is 16.9. The molecule has 1 saturated heterocycles. The summed E-state index contributed by atoms with van der Waals surface area (Å²) in [5.41, 5.74) is 2.27. The number of ether oxygens (including phenoxy) is 2. The zero-order valence-electron chi connectivity index (χ0n) is 20.2. The van der Waals surface area contributed by atoms with Crippen molar-refractivity contribution in [2.45, 2.75) is 47.2 Å². The van der Waals surface area contributed by atoms with Crippen LogP contribution in [-0.4, -0.2) is 87.4 Å². The van der Waals surface area contributed by atoms with Crippen molar-refractivity contribution in [2.24, 2.45) is 4.99 Å². The molecule has 0 radical (unpaired) electrons. The lowest BCUT2D eigenvalue weighted by molar-refractivity contribution is 0.107. The van der Waals surface area contributed by atoms with Gasteiger partial charge in [0.1, 0.15) is 12.4 Å². The minimum Gasteiger partial charge on any atom is -0.491 e. The summed E-state index contributed by atoms with van der Waals surface area (Å²) in [5.74, 6) is 1.74. The summed E-state index contributed by atoms with van der Waals surface area (Å²) in [7, 11) is 0. The van der Waals surface area contributed by atoms with Crippen LogP contribution in [0.15, 0.2) is 23.2 Å². The predicted octanol–water partition coefficient (Wildman–Crippen LogP) is 2.49. The maximum atomic E-state index is 5.96. The van der Waals surface area contributed by atoms with E-state index in [0.29, 0.717) is 32.4 Å². The number of nitrogens with zero attached hydrogens (tertiary/aromatic N) is 3. The number of benzene rings is 1. The first-order valence-corrected chi connectivity index (χ1v) is 11.9. The zero-order chi connectivity index (χ0) is 22.5. The molecule has 2 N–H and O–H groups in total. The summed E-state index contributed by atoms with van der Waals surface area (Å²) in [6, 6.07) is 6.77. The van der Waals surface area contributed by atoms with Gasteiger partial charge in [0.2, 0.25) is 0 Å². The molecule has 0 aliphatic carbocycles. The Hall–Kier alpha value is -1.83. The molecular formula is C24H43N5O2. The molecule has 0 spiro atoms. The summed E-state index contributed by atoms with van der Waals surface area (Å²) in [5, 5.41) is 6.90. The van der Waals surface area contributed by atoms with Crippen molar-refractivity contribution in [3.8, 4) is 5.75 Å². The number of nitrogens with one attached hydrogen (secondary N) is 2. The van der Waals surface area contributed by atoms with Gasteiger partial charge in [-0.1, -0.05) is 19.1 Å². The Morgan fingerprint density at radius 2 is 1.87 bits per heavy atom. The van der Waals surface area contributed by atoms with E-state index in [0.717, 1.165) is 63.1 Å². The molecule has 1 atom stereocenters. The Labute approximate surface area is 189 Å². The first-order chi connectivity index (χ1) is 15.1. The number of hydrogen-bond donors (Lipinski definition) is 2. The molecule has 1 aliphatic heterocycles. The number of hydrogen-bond acceptors (Lipinski definition) is 5. The molecule has 1 heterocycles. The molecular weight excluding hydrogens is 390 g/mol. The van der Waals surface area contributed by atoms with Crippen LogP contribution >= 0.6 is 0 Å². The van der Waals surface area contributed by atoms with E-state index >= 15 is 0 Å². The van der Waals surface area contributed by atoms with Crippen molar-refractivity contribution in [1.29, 1.82) is 0 Å². The molecule has 7 nitrogen and oxygen atoms in total. The Morgan fingerprint density at radius 3 is 2.55 bits per heavy atom. The molecule has 1 aromatic carbocycles. The lowest BCUT2D eigenvalue weighted by Gasteiger charge is -2.37. The first kappa shape index (κ1) is 25.4. The van der Waals surface area contributed by atoms with Gasteiger partial charge in [-0.2, -0.15) is 0 Å². The zero-order valence-corrected chi connectivity index (χ0v) is 20.2. The number of guanidine groups is 1. The Morgan fingerprint density at radius 1 is 1.10 bits per heavy atom. The van der Waals surface area contributed by atoms with Crippen molar-refractivity contribution in [1.82, 2.24) is 20.4 Å². The van der Waals surface area contributed by atoms with Crippen molar-refractivity contribution >= 4 is 5.96 Å². The quantitative estimate of drug-likeness (QED) is 0.300. The largest absolute Gasteiger partial charge is 0.491 e. The third-order valence-corrected chi connectivity index (χ3v) is 5.71. The molecule has 1 aliphatic rings. The van der Waals surface area contributed by atoms with E-state index in [2.05, 4.69) is 66.3 Å². The van der Waals surface area contributed by atoms with Crippen LogP contribution in [0.2, 0.25) is 0 Å². The van der Waals surface area contributed by atoms with Gasteiger partial charge in [-0.15, -0.1) is 0 Å². The summed E-state index contributed by atoms with van der Waals surface area (Å²) in [6.07, 6.45) is 0. The highest BCUT2D eigenvalue weighted by molar-refractivity contribution is 5.79. The number of aliphatic imine (C=N–C) groups is 1. The van der Waals surface area contributed by atoms with Gasteiger partial charge in [0.25, 0.3) is 0 Å². The third-order valence-electron chi connectivity index (χ3n) is 5.71. The summed E-state index contributed by atoms with van der Waals surface area (Å²) >= 11 is 0. The van der Waals surface area contributed by atoms with E-state index in [4.69, 9.17) is 14.5 Å². The number of piperazine rings is 1. The van der Waals surface area contributed by atoms with Gasteiger partial charge in [0.15, 0.2) is 5.96 Å². The van der Waals surface area contributed by atoms with Crippen LogP contribution in [0.3, 0.4) is 0 Å². The van der Waals surface area contributed by atoms with E-state index in [1.807, 2.05) is 6.92 Å². The van der Waals surface area contributed by atoms with Crippen LogP contribution < -0.4 is 15.4 Å². The molecule has 176 valence electrons. The van der Waals surface area contributed by atoms with E-state index in [1.165, 1.54) is 5.56 Å². The molecule has 1 unspecified atom stereocenters. The molecule has 31 heavy (non-hydrogen) atoms. The van der Waals surface area contributed by atoms with Crippen LogP contribution in [0.5, 0.6) is 5.75 Å². The van der Waals surface area contributed by atoms with Crippen molar-refractivity contribution in [2.75, 3.05) is 65.6 Å². The smallest absolute Gasteiger partial charge is 0.191 e. The van der Waals surface area contributed by atoms with Gasteiger partial charge < -0.3 is 25.0 Å². The maximum absolute atomic E-state index is 5.96. The molecule has 0 saturated carbocycles. The molecule has 0 aromatic heterocycles. The van der Waals surface area contributed by atoms with E-state index < -0.39 is 0 Å². The molecule has 7 heteroatoms. The Balaban J connectivity index is 1.91.